The van der Waals surface area contributed by atoms with E-state index in [4.69, 9.17) is 0 Å². The fraction of sp³-hybridized carbons (Fsp3) is 0.316. The van der Waals surface area contributed by atoms with Crippen molar-refractivity contribution in [1.82, 2.24) is 0 Å². The Morgan fingerprint density at radius 1 is 0.952 bits per heavy atom. The van der Waals surface area contributed by atoms with Crippen LogP contribution < -0.4 is 4.90 Å². The fourth-order valence-corrected chi connectivity index (χ4v) is 3.17. The molecule has 1 fully saturated rings. The maximum Gasteiger partial charge on any atom is 0.101 e. The number of para-hydroxylation sites is 1. The first kappa shape index (κ1) is 13.7. The first-order valence-corrected chi connectivity index (χ1v) is 7.65. The van der Waals surface area contributed by atoms with Crippen LogP contribution in [0.5, 0.6) is 0 Å². The van der Waals surface area contributed by atoms with Gasteiger partial charge in [0.15, 0.2) is 0 Å². The third kappa shape index (κ3) is 3.25. The van der Waals surface area contributed by atoms with E-state index < -0.39 is 0 Å². The highest BCUT2D eigenvalue weighted by molar-refractivity contribution is 5.59. The van der Waals surface area contributed by atoms with Crippen molar-refractivity contribution in [3.05, 3.63) is 65.7 Å². The molecule has 0 radical (unpaired) electrons. The molecular weight excluding hydrogens is 256 g/mol. The summed E-state index contributed by atoms with van der Waals surface area (Å²) in [5, 5.41) is 9.22. The summed E-state index contributed by atoms with van der Waals surface area (Å²) >= 11 is 0. The summed E-state index contributed by atoms with van der Waals surface area (Å²) in [5.41, 5.74) is 3.32. The first-order chi connectivity index (χ1) is 10.4. The van der Waals surface area contributed by atoms with Crippen LogP contribution in [-0.2, 0) is 6.42 Å². The summed E-state index contributed by atoms with van der Waals surface area (Å²) in [5.74, 6) is 0.762. The molecule has 0 bridgehead atoms. The third-order valence-corrected chi connectivity index (χ3v) is 4.35. The molecule has 0 aromatic heterocycles. The predicted molar refractivity (Wildman–Crippen MR) is 86.2 cm³/mol. The van der Waals surface area contributed by atoms with Gasteiger partial charge in [0.05, 0.1) is 11.3 Å². The summed E-state index contributed by atoms with van der Waals surface area (Å²) < 4.78 is 0. The van der Waals surface area contributed by atoms with Crippen molar-refractivity contribution in [2.45, 2.75) is 19.3 Å². The van der Waals surface area contributed by atoms with Crippen molar-refractivity contribution in [3.63, 3.8) is 0 Å². The van der Waals surface area contributed by atoms with E-state index in [1.807, 2.05) is 18.2 Å². The molecule has 2 nitrogen and oxygen atoms in total. The SMILES string of the molecule is N#Cc1ccccc1N1CCC(Cc2ccccc2)CC1. The summed E-state index contributed by atoms with van der Waals surface area (Å²) in [7, 11) is 0. The van der Waals surface area contributed by atoms with Crippen molar-refractivity contribution in [2.24, 2.45) is 5.92 Å². The third-order valence-electron chi connectivity index (χ3n) is 4.35. The van der Waals surface area contributed by atoms with Crippen LogP contribution in [0.15, 0.2) is 54.6 Å². The normalized spacial score (nSPS) is 15.7. The highest BCUT2D eigenvalue weighted by Gasteiger charge is 2.21. The number of nitrogens with zero attached hydrogens (tertiary/aromatic N) is 2. The van der Waals surface area contributed by atoms with Crippen LogP contribution >= 0.6 is 0 Å². The van der Waals surface area contributed by atoms with E-state index in [0.29, 0.717) is 0 Å². The van der Waals surface area contributed by atoms with E-state index >= 15 is 0 Å². The highest BCUT2D eigenvalue weighted by Crippen LogP contribution is 2.27. The van der Waals surface area contributed by atoms with Gasteiger partial charge < -0.3 is 4.90 Å². The van der Waals surface area contributed by atoms with Gasteiger partial charge >= 0.3 is 0 Å². The van der Waals surface area contributed by atoms with Gasteiger partial charge in [0, 0.05) is 13.1 Å². The minimum atomic E-state index is 0.762. The van der Waals surface area contributed by atoms with Crippen LogP contribution in [0.1, 0.15) is 24.0 Å². The van der Waals surface area contributed by atoms with Crippen LogP contribution in [0.2, 0.25) is 0 Å². The standard InChI is InChI=1S/C19H20N2/c20-15-18-8-4-5-9-19(18)21-12-10-17(11-13-21)14-16-6-2-1-3-7-16/h1-9,17H,10-14H2. The molecule has 2 heteroatoms. The number of nitriles is 1. The molecular formula is C19H20N2. The lowest BCUT2D eigenvalue weighted by atomic mass is 9.90. The average molecular weight is 276 g/mol. The summed E-state index contributed by atoms with van der Waals surface area (Å²) in [6.45, 7) is 2.10. The molecule has 1 saturated heterocycles. The fourth-order valence-electron chi connectivity index (χ4n) is 3.17. The van der Waals surface area contributed by atoms with Crippen LogP contribution in [0.25, 0.3) is 0 Å². The lowest BCUT2D eigenvalue weighted by molar-refractivity contribution is 0.403. The zero-order valence-corrected chi connectivity index (χ0v) is 12.2. The molecule has 0 amide bonds. The minimum Gasteiger partial charge on any atom is -0.370 e. The Bertz CT molecular complexity index is 620. The van der Waals surface area contributed by atoms with Gasteiger partial charge in [0.2, 0.25) is 0 Å². The second-order valence-electron chi connectivity index (χ2n) is 5.75. The van der Waals surface area contributed by atoms with Gasteiger partial charge in [-0.2, -0.15) is 5.26 Å². The van der Waals surface area contributed by atoms with Crippen molar-refractivity contribution in [3.8, 4) is 6.07 Å². The quantitative estimate of drug-likeness (QED) is 0.846. The largest absolute Gasteiger partial charge is 0.370 e. The maximum absolute atomic E-state index is 9.22. The molecule has 3 rings (SSSR count). The molecule has 2 aromatic carbocycles. The van der Waals surface area contributed by atoms with E-state index in [-0.39, 0.29) is 0 Å². The Kier molecular flexibility index (Phi) is 4.21. The molecule has 1 heterocycles. The van der Waals surface area contributed by atoms with Gasteiger partial charge in [0.1, 0.15) is 6.07 Å². The molecule has 0 atom stereocenters. The summed E-state index contributed by atoms with van der Waals surface area (Å²) in [6, 6.07) is 21.0. The van der Waals surface area contributed by atoms with Gasteiger partial charge in [-0.1, -0.05) is 42.5 Å². The van der Waals surface area contributed by atoms with Gasteiger partial charge in [-0.15, -0.1) is 0 Å². The first-order valence-electron chi connectivity index (χ1n) is 7.65. The Balaban J connectivity index is 1.62. The second kappa shape index (κ2) is 6.45. The van der Waals surface area contributed by atoms with E-state index in [1.165, 1.54) is 24.8 Å². The van der Waals surface area contributed by atoms with Crippen molar-refractivity contribution in [1.29, 1.82) is 5.26 Å². The number of anilines is 1. The molecule has 0 saturated carbocycles. The monoisotopic (exact) mass is 276 g/mol. The molecule has 1 aliphatic rings. The number of hydrogen-bond acceptors (Lipinski definition) is 2. The van der Waals surface area contributed by atoms with Crippen molar-refractivity contribution in [2.75, 3.05) is 18.0 Å². The molecule has 2 aromatic rings. The Hall–Kier alpha value is -2.27. The number of rotatable bonds is 3. The van der Waals surface area contributed by atoms with Crippen molar-refractivity contribution >= 4 is 5.69 Å². The Morgan fingerprint density at radius 2 is 1.62 bits per heavy atom. The highest BCUT2D eigenvalue weighted by atomic mass is 15.1. The summed E-state index contributed by atoms with van der Waals surface area (Å²) in [4.78, 5) is 2.36. The number of benzene rings is 2. The lowest BCUT2D eigenvalue weighted by Gasteiger charge is -2.34. The minimum absolute atomic E-state index is 0.762. The molecule has 1 aliphatic heterocycles. The van der Waals surface area contributed by atoms with Gasteiger partial charge in [-0.3, -0.25) is 0 Å². The number of piperidine rings is 1. The molecule has 106 valence electrons. The van der Waals surface area contributed by atoms with E-state index in [9.17, 15) is 5.26 Å². The smallest absolute Gasteiger partial charge is 0.101 e. The molecule has 0 unspecified atom stereocenters. The van der Waals surface area contributed by atoms with Crippen LogP contribution in [0.3, 0.4) is 0 Å². The lowest BCUT2D eigenvalue weighted by Crippen LogP contribution is -2.34. The summed E-state index contributed by atoms with van der Waals surface area (Å²) in [6.07, 6.45) is 3.58. The van der Waals surface area contributed by atoms with Crippen molar-refractivity contribution < 1.29 is 0 Å². The zero-order chi connectivity index (χ0) is 14.5. The van der Waals surface area contributed by atoms with Gasteiger partial charge in [-0.25, -0.2) is 0 Å². The zero-order valence-electron chi connectivity index (χ0n) is 12.2. The predicted octanol–water partition coefficient (Wildman–Crippen LogP) is 4.02. The molecule has 21 heavy (non-hydrogen) atoms. The Morgan fingerprint density at radius 3 is 2.33 bits per heavy atom. The van der Waals surface area contributed by atoms with E-state index in [1.54, 1.807) is 0 Å². The van der Waals surface area contributed by atoms with E-state index in [2.05, 4.69) is 47.4 Å². The average Bonchev–Trinajstić information content (AvgIpc) is 2.56. The molecule has 0 spiro atoms. The maximum atomic E-state index is 9.22. The van der Waals surface area contributed by atoms with Crippen LogP contribution in [-0.4, -0.2) is 13.1 Å². The Labute approximate surface area is 126 Å². The number of hydrogen-bond donors (Lipinski definition) is 0. The van der Waals surface area contributed by atoms with Gasteiger partial charge in [0.25, 0.3) is 0 Å². The van der Waals surface area contributed by atoms with E-state index in [0.717, 1.165) is 30.3 Å². The van der Waals surface area contributed by atoms with Gasteiger partial charge in [-0.05, 0) is 42.9 Å². The van der Waals surface area contributed by atoms with Crippen LogP contribution in [0.4, 0.5) is 5.69 Å². The topological polar surface area (TPSA) is 27.0 Å². The molecule has 0 N–H and O–H groups in total. The van der Waals surface area contributed by atoms with Crippen LogP contribution in [0, 0.1) is 17.2 Å². The molecule has 0 aliphatic carbocycles. The second-order valence-corrected chi connectivity index (χ2v) is 5.75.